The molecular weight excluding hydrogens is 373 g/mol. The van der Waals surface area contributed by atoms with Gasteiger partial charge in [-0.2, -0.15) is 0 Å². The van der Waals surface area contributed by atoms with Crippen molar-refractivity contribution in [2.24, 2.45) is 0 Å². The van der Waals surface area contributed by atoms with Crippen molar-refractivity contribution in [3.8, 4) is 10.4 Å². The van der Waals surface area contributed by atoms with E-state index in [4.69, 9.17) is 11.6 Å². The fourth-order valence-corrected chi connectivity index (χ4v) is 3.74. The molecule has 0 saturated heterocycles. The van der Waals surface area contributed by atoms with Crippen LogP contribution in [0.3, 0.4) is 0 Å². The predicted octanol–water partition coefficient (Wildman–Crippen LogP) is 4.79. The number of rotatable bonds is 4. The first-order valence-corrected chi connectivity index (χ1v) is 9.06. The standard InChI is InChI=1S/C19H13ClFN3OS/c20-14-8-12(6-7-15(14)21)9-22-18(25)16-10-24-11-17(26-19(24)23-16)13-4-2-1-3-5-13/h1-8,10-11H,9H2,(H,22,25). The highest BCUT2D eigenvalue weighted by molar-refractivity contribution is 7.20. The van der Waals surface area contributed by atoms with Gasteiger partial charge in [0.1, 0.15) is 11.5 Å². The van der Waals surface area contributed by atoms with Crippen molar-refractivity contribution in [2.45, 2.75) is 6.54 Å². The number of halogens is 2. The van der Waals surface area contributed by atoms with Crippen molar-refractivity contribution in [1.82, 2.24) is 14.7 Å². The largest absolute Gasteiger partial charge is 0.347 e. The molecule has 4 aromatic rings. The normalized spacial score (nSPS) is 11.0. The molecule has 26 heavy (non-hydrogen) atoms. The first kappa shape index (κ1) is 16.8. The SMILES string of the molecule is O=C(NCc1ccc(F)c(Cl)c1)c1cn2cc(-c3ccccc3)sc2n1. The van der Waals surface area contributed by atoms with E-state index in [1.165, 1.54) is 23.5 Å². The summed E-state index contributed by atoms with van der Waals surface area (Å²) >= 11 is 7.27. The Kier molecular flexibility index (Phi) is 4.44. The predicted molar refractivity (Wildman–Crippen MR) is 101 cm³/mol. The van der Waals surface area contributed by atoms with Crippen molar-refractivity contribution in [1.29, 1.82) is 0 Å². The maximum absolute atomic E-state index is 13.2. The van der Waals surface area contributed by atoms with Gasteiger partial charge in [0.2, 0.25) is 0 Å². The molecule has 0 radical (unpaired) electrons. The Labute approximate surface area is 157 Å². The van der Waals surface area contributed by atoms with Gasteiger partial charge >= 0.3 is 0 Å². The van der Waals surface area contributed by atoms with Crippen molar-refractivity contribution in [2.75, 3.05) is 0 Å². The van der Waals surface area contributed by atoms with Crippen molar-refractivity contribution >= 4 is 33.8 Å². The van der Waals surface area contributed by atoms with Crippen LogP contribution in [0, 0.1) is 5.82 Å². The van der Waals surface area contributed by atoms with Crippen LogP contribution < -0.4 is 5.32 Å². The molecule has 0 saturated carbocycles. The lowest BCUT2D eigenvalue weighted by Gasteiger charge is -2.04. The van der Waals surface area contributed by atoms with E-state index in [9.17, 15) is 9.18 Å². The van der Waals surface area contributed by atoms with E-state index in [0.29, 0.717) is 5.69 Å². The highest BCUT2D eigenvalue weighted by Gasteiger charge is 2.13. The van der Waals surface area contributed by atoms with Crippen LogP contribution in [0.25, 0.3) is 15.4 Å². The molecule has 2 aromatic heterocycles. The van der Waals surface area contributed by atoms with E-state index in [1.54, 1.807) is 12.3 Å². The molecule has 1 N–H and O–H groups in total. The fourth-order valence-electron chi connectivity index (χ4n) is 2.56. The van der Waals surface area contributed by atoms with Crippen LogP contribution >= 0.6 is 22.9 Å². The van der Waals surface area contributed by atoms with Gasteiger partial charge in [0, 0.05) is 18.9 Å². The number of nitrogens with one attached hydrogen (secondary N) is 1. The highest BCUT2D eigenvalue weighted by Crippen LogP contribution is 2.28. The number of amides is 1. The number of carbonyl (C=O) groups is 1. The Morgan fingerprint density at radius 2 is 2.00 bits per heavy atom. The zero-order valence-corrected chi connectivity index (χ0v) is 15.0. The number of hydrogen-bond donors (Lipinski definition) is 1. The van der Waals surface area contributed by atoms with Gasteiger partial charge in [-0.1, -0.05) is 59.3 Å². The van der Waals surface area contributed by atoms with Crippen LogP contribution in [-0.4, -0.2) is 15.3 Å². The molecular formula is C19H13ClFN3OS. The van der Waals surface area contributed by atoms with Gasteiger partial charge in [-0.3, -0.25) is 9.20 Å². The molecule has 0 aliphatic heterocycles. The monoisotopic (exact) mass is 385 g/mol. The van der Waals surface area contributed by atoms with E-state index in [2.05, 4.69) is 10.3 Å². The van der Waals surface area contributed by atoms with Crippen LogP contribution in [0.5, 0.6) is 0 Å². The topological polar surface area (TPSA) is 46.4 Å². The number of fused-ring (bicyclic) bond motifs is 1. The zero-order valence-electron chi connectivity index (χ0n) is 13.4. The molecule has 2 aromatic carbocycles. The van der Waals surface area contributed by atoms with Crippen molar-refractivity contribution in [3.05, 3.63) is 83.0 Å². The molecule has 0 aliphatic rings. The van der Waals surface area contributed by atoms with E-state index in [1.807, 2.05) is 40.9 Å². The van der Waals surface area contributed by atoms with Crippen LogP contribution in [0.1, 0.15) is 16.1 Å². The Balaban J connectivity index is 1.48. The molecule has 0 bridgehead atoms. The van der Waals surface area contributed by atoms with E-state index in [-0.39, 0.29) is 17.5 Å². The molecule has 4 nitrogen and oxygen atoms in total. The van der Waals surface area contributed by atoms with E-state index >= 15 is 0 Å². The van der Waals surface area contributed by atoms with Crippen LogP contribution in [0.4, 0.5) is 4.39 Å². The average Bonchev–Trinajstić information content (AvgIpc) is 3.22. The summed E-state index contributed by atoms with van der Waals surface area (Å²) in [4.78, 5) is 18.5. The van der Waals surface area contributed by atoms with Crippen LogP contribution in [-0.2, 0) is 6.54 Å². The lowest BCUT2D eigenvalue weighted by Crippen LogP contribution is -2.23. The van der Waals surface area contributed by atoms with Crippen molar-refractivity contribution < 1.29 is 9.18 Å². The fraction of sp³-hybridized carbons (Fsp3) is 0.0526. The Morgan fingerprint density at radius 3 is 2.73 bits per heavy atom. The summed E-state index contributed by atoms with van der Waals surface area (Å²) < 4.78 is 15.0. The highest BCUT2D eigenvalue weighted by atomic mass is 35.5. The molecule has 4 rings (SSSR count). The molecule has 7 heteroatoms. The number of benzene rings is 2. The maximum Gasteiger partial charge on any atom is 0.271 e. The molecule has 2 heterocycles. The van der Waals surface area contributed by atoms with Gasteiger partial charge in [-0.25, -0.2) is 9.37 Å². The lowest BCUT2D eigenvalue weighted by atomic mass is 10.2. The summed E-state index contributed by atoms with van der Waals surface area (Å²) in [6.07, 6.45) is 3.66. The summed E-state index contributed by atoms with van der Waals surface area (Å²) in [7, 11) is 0. The lowest BCUT2D eigenvalue weighted by molar-refractivity contribution is 0.0946. The molecule has 0 atom stereocenters. The summed E-state index contributed by atoms with van der Waals surface area (Å²) in [5.41, 5.74) is 2.17. The third-order valence-corrected chi connectivity index (χ3v) is 5.22. The Hall–Kier alpha value is -2.70. The number of hydrogen-bond acceptors (Lipinski definition) is 3. The van der Waals surface area contributed by atoms with Gasteiger partial charge in [0.25, 0.3) is 5.91 Å². The van der Waals surface area contributed by atoms with Crippen LogP contribution in [0.15, 0.2) is 60.9 Å². The second-order valence-corrected chi connectivity index (χ2v) is 7.12. The summed E-state index contributed by atoms with van der Waals surface area (Å²) in [5.74, 6) is -0.770. The van der Waals surface area contributed by atoms with E-state index in [0.717, 1.165) is 21.0 Å². The number of thiazole rings is 1. The summed E-state index contributed by atoms with van der Waals surface area (Å²) in [5, 5.41) is 2.80. The minimum absolute atomic E-state index is 0.0349. The number of nitrogens with zero attached hydrogens (tertiary/aromatic N) is 2. The average molecular weight is 386 g/mol. The number of imidazole rings is 1. The molecule has 1 amide bonds. The number of carbonyl (C=O) groups excluding carboxylic acids is 1. The summed E-state index contributed by atoms with van der Waals surface area (Å²) in [6, 6.07) is 14.4. The molecule has 0 fully saturated rings. The second kappa shape index (κ2) is 6.90. The third-order valence-electron chi connectivity index (χ3n) is 3.88. The third kappa shape index (κ3) is 3.34. The Morgan fingerprint density at radius 1 is 1.19 bits per heavy atom. The van der Waals surface area contributed by atoms with Gasteiger partial charge < -0.3 is 5.32 Å². The molecule has 0 spiro atoms. The maximum atomic E-state index is 13.2. The second-order valence-electron chi connectivity index (χ2n) is 5.71. The minimum Gasteiger partial charge on any atom is -0.347 e. The van der Waals surface area contributed by atoms with Gasteiger partial charge in [0.15, 0.2) is 4.96 Å². The van der Waals surface area contributed by atoms with Crippen molar-refractivity contribution in [3.63, 3.8) is 0 Å². The van der Waals surface area contributed by atoms with Gasteiger partial charge in [-0.15, -0.1) is 0 Å². The van der Waals surface area contributed by atoms with Gasteiger partial charge in [0.05, 0.1) is 9.90 Å². The molecule has 0 unspecified atom stereocenters. The molecule has 0 aliphatic carbocycles. The smallest absolute Gasteiger partial charge is 0.271 e. The minimum atomic E-state index is -0.481. The molecule has 130 valence electrons. The number of aromatic nitrogens is 2. The van der Waals surface area contributed by atoms with Gasteiger partial charge in [-0.05, 0) is 23.3 Å². The Bertz CT molecular complexity index is 1060. The zero-order chi connectivity index (χ0) is 18.1. The quantitative estimate of drug-likeness (QED) is 0.549. The van der Waals surface area contributed by atoms with E-state index < -0.39 is 5.82 Å². The first-order valence-electron chi connectivity index (χ1n) is 7.86. The first-order chi connectivity index (χ1) is 12.6. The summed E-state index contributed by atoms with van der Waals surface area (Å²) in [6.45, 7) is 0.249. The van der Waals surface area contributed by atoms with Crippen LogP contribution in [0.2, 0.25) is 5.02 Å².